The first-order valence-corrected chi connectivity index (χ1v) is 10.3. The minimum atomic E-state index is 0.204. The van der Waals surface area contributed by atoms with Crippen LogP contribution in [0.15, 0.2) is 50.7 Å². The molecule has 0 saturated heterocycles. The van der Waals surface area contributed by atoms with Crippen molar-refractivity contribution in [2.24, 2.45) is 0 Å². The summed E-state index contributed by atoms with van der Waals surface area (Å²) < 4.78 is 4.84. The molecule has 0 N–H and O–H groups in total. The summed E-state index contributed by atoms with van der Waals surface area (Å²) in [6.07, 6.45) is 0. The molecule has 0 amide bonds. The zero-order chi connectivity index (χ0) is 14.3. The lowest BCUT2D eigenvalue weighted by molar-refractivity contribution is 1.19. The van der Waals surface area contributed by atoms with E-state index in [9.17, 15) is 0 Å². The van der Waals surface area contributed by atoms with Crippen molar-refractivity contribution in [3.63, 3.8) is 0 Å². The molecule has 0 aliphatic rings. The third-order valence-electron chi connectivity index (χ3n) is 3.09. The monoisotopic (exact) mass is 584 g/mol. The second-order valence-corrected chi connectivity index (χ2v) is 9.06. The zero-order valence-electron chi connectivity index (χ0n) is 10.0. The van der Waals surface area contributed by atoms with Crippen LogP contribution in [-0.4, -0.2) is 0 Å². The summed E-state index contributed by atoms with van der Waals surface area (Å²) >= 11 is 15.2. The minimum absolute atomic E-state index is 0.204. The van der Waals surface area contributed by atoms with Gasteiger partial charge in [0, 0.05) is 17.2 Å². The molecule has 3 aromatic rings. The predicted octanol–water partition coefficient (Wildman–Crippen LogP) is 7.52. The normalized spacial score (nSPS) is 12.8. The van der Waals surface area contributed by atoms with Gasteiger partial charge in [-0.15, -0.1) is 11.3 Å². The average Bonchev–Trinajstić information content (AvgIpc) is 2.86. The molecule has 0 aliphatic carbocycles. The van der Waals surface area contributed by atoms with E-state index in [0.717, 1.165) is 8.95 Å². The van der Waals surface area contributed by atoms with Crippen molar-refractivity contribution in [1.29, 1.82) is 0 Å². The van der Waals surface area contributed by atoms with Crippen LogP contribution >= 0.6 is 81.7 Å². The quantitative estimate of drug-likeness (QED) is 0.215. The molecule has 0 bridgehead atoms. The molecule has 1 heterocycles. The Labute approximate surface area is 160 Å². The molecule has 3 rings (SSSR count). The highest BCUT2D eigenvalue weighted by Crippen LogP contribution is 2.42. The van der Waals surface area contributed by atoms with E-state index in [1.54, 1.807) is 11.3 Å². The molecule has 20 heavy (non-hydrogen) atoms. The van der Waals surface area contributed by atoms with Gasteiger partial charge in [-0.1, -0.05) is 44.0 Å². The van der Waals surface area contributed by atoms with Crippen molar-refractivity contribution < 1.29 is 0 Å². The molecule has 0 spiro atoms. The number of fused-ring (bicyclic) bond motifs is 1. The molecule has 1 unspecified atom stereocenters. The summed E-state index contributed by atoms with van der Waals surface area (Å²) in [5.41, 5.74) is 2.61. The highest BCUT2D eigenvalue weighted by atomic mass is 127. The Kier molecular flexibility index (Phi) is 4.92. The van der Waals surface area contributed by atoms with E-state index in [2.05, 4.69) is 112 Å². The molecule has 1 atom stereocenters. The first-order valence-electron chi connectivity index (χ1n) is 5.82. The molecule has 0 nitrogen and oxygen atoms in total. The van der Waals surface area contributed by atoms with E-state index in [1.165, 1.54) is 24.8 Å². The maximum atomic E-state index is 3.87. The smallest absolute Gasteiger partial charge is 0.0669 e. The van der Waals surface area contributed by atoms with E-state index >= 15 is 0 Å². The molecular weight excluding hydrogens is 579 g/mol. The summed E-state index contributed by atoms with van der Waals surface area (Å²) in [4.78, 5) is 0.204. The fourth-order valence-corrected chi connectivity index (χ4v) is 6.15. The zero-order valence-corrected chi connectivity index (χ0v) is 17.8. The lowest BCUT2D eigenvalue weighted by Gasteiger charge is -2.12. The van der Waals surface area contributed by atoms with Crippen LogP contribution < -0.4 is 0 Å². The summed E-state index contributed by atoms with van der Waals surface area (Å²) in [5, 5.41) is 3.55. The first kappa shape index (κ1) is 15.5. The molecule has 102 valence electrons. The Morgan fingerprint density at radius 2 is 1.85 bits per heavy atom. The van der Waals surface area contributed by atoms with Crippen LogP contribution in [0.2, 0.25) is 0 Å². The molecule has 0 radical (unpaired) electrons. The second-order valence-electron chi connectivity index (χ2n) is 4.34. The SMILES string of the molecule is Brc1ccc(I)c(C(Br)c2csc3c(Br)cccc23)c1. The Morgan fingerprint density at radius 3 is 2.65 bits per heavy atom. The summed E-state index contributed by atoms with van der Waals surface area (Å²) in [7, 11) is 0. The van der Waals surface area contributed by atoms with Gasteiger partial charge in [0.15, 0.2) is 0 Å². The number of hydrogen-bond donors (Lipinski definition) is 0. The van der Waals surface area contributed by atoms with Crippen LogP contribution in [0.1, 0.15) is 16.0 Å². The van der Waals surface area contributed by atoms with Gasteiger partial charge in [0.1, 0.15) is 0 Å². The van der Waals surface area contributed by atoms with E-state index < -0.39 is 0 Å². The third kappa shape index (κ3) is 2.89. The van der Waals surface area contributed by atoms with E-state index in [-0.39, 0.29) is 4.83 Å². The number of alkyl halides is 1. The number of benzene rings is 2. The predicted molar refractivity (Wildman–Crippen MR) is 107 cm³/mol. The second kappa shape index (κ2) is 6.36. The van der Waals surface area contributed by atoms with Crippen LogP contribution in [-0.2, 0) is 0 Å². The summed E-state index contributed by atoms with van der Waals surface area (Å²) in [6, 6.07) is 12.8. The van der Waals surface area contributed by atoms with Gasteiger partial charge in [0.05, 0.1) is 4.83 Å². The molecule has 2 aromatic carbocycles. The van der Waals surface area contributed by atoms with Gasteiger partial charge >= 0.3 is 0 Å². The highest BCUT2D eigenvalue weighted by molar-refractivity contribution is 14.1. The highest BCUT2D eigenvalue weighted by Gasteiger charge is 2.18. The fourth-order valence-electron chi connectivity index (χ4n) is 2.11. The lowest BCUT2D eigenvalue weighted by atomic mass is 10.0. The van der Waals surface area contributed by atoms with Crippen LogP contribution in [0, 0.1) is 3.57 Å². The number of thiophene rings is 1. The maximum Gasteiger partial charge on any atom is 0.0669 e. The van der Waals surface area contributed by atoms with Gasteiger partial charge in [-0.2, -0.15) is 0 Å². The fraction of sp³-hybridized carbons (Fsp3) is 0.0667. The minimum Gasteiger partial charge on any atom is -0.142 e. The van der Waals surface area contributed by atoms with Gasteiger partial charge in [-0.05, 0) is 84.7 Å². The molecule has 0 aliphatic heterocycles. The van der Waals surface area contributed by atoms with E-state index in [1.807, 2.05) is 0 Å². The van der Waals surface area contributed by atoms with Gasteiger partial charge < -0.3 is 0 Å². The van der Waals surface area contributed by atoms with Crippen molar-refractivity contribution in [3.05, 3.63) is 65.4 Å². The summed E-state index contributed by atoms with van der Waals surface area (Å²) in [5.74, 6) is 0. The molecular formula is C15H8Br3IS. The van der Waals surface area contributed by atoms with Gasteiger partial charge in [-0.3, -0.25) is 0 Å². The summed E-state index contributed by atoms with van der Waals surface area (Å²) in [6.45, 7) is 0. The van der Waals surface area contributed by atoms with Crippen molar-refractivity contribution in [3.8, 4) is 0 Å². The Balaban J connectivity index is 2.15. The van der Waals surface area contributed by atoms with Gasteiger partial charge in [0.25, 0.3) is 0 Å². The third-order valence-corrected chi connectivity index (χ3v) is 7.52. The average molecular weight is 587 g/mol. The van der Waals surface area contributed by atoms with E-state index in [4.69, 9.17) is 0 Å². The maximum absolute atomic E-state index is 3.87. The van der Waals surface area contributed by atoms with Crippen LogP contribution in [0.4, 0.5) is 0 Å². The van der Waals surface area contributed by atoms with Crippen molar-refractivity contribution in [2.75, 3.05) is 0 Å². The Morgan fingerprint density at radius 1 is 1.05 bits per heavy atom. The molecule has 0 saturated carbocycles. The van der Waals surface area contributed by atoms with Gasteiger partial charge in [-0.25, -0.2) is 0 Å². The standard InChI is InChI=1S/C15H8Br3IS/c16-8-4-5-13(19)10(6-8)14(18)11-7-20-15-9(11)2-1-3-12(15)17/h1-7,14H. The Hall–Kier alpha value is 0.570. The van der Waals surface area contributed by atoms with Crippen LogP contribution in [0.3, 0.4) is 0 Å². The molecule has 0 fully saturated rings. The largest absolute Gasteiger partial charge is 0.142 e. The number of halogens is 4. The molecule has 5 heteroatoms. The van der Waals surface area contributed by atoms with Crippen molar-refractivity contribution in [2.45, 2.75) is 4.83 Å². The van der Waals surface area contributed by atoms with Crippen molar-refractivity contribution in [1.82, 2.24) is 0 Å². The first-order chi connectivity index (χ1) is 9.58. The Bertz CT molecular complexity index is 782. The van der Waals surface area contributed by atoms with Gasteiger partial charge in [0.2, 0.25) is 0 Å². The van der Waals surface area contributed by atoms with Crippen molar-refractivity contribution >= 4 is 91.8 Å². The van der Waals surface area contributed by atoms with Crippen LogP contribution in [0.25, 0.3) is 10.1 Å². The number of hydrogen-bond acceptors (Lipinski definition) is 1. The number of rotatable bonds is 2. The lowest BCUT2D eigenvalue weighted by Crippen LogP contribution is -1.95. The molecule has 1 aromatic heterocycles. The van der Waals surface area contributed by atoms with Crippen LogP contribution in [0.5, 0.6) is 0 Å². The topological polar surface area (TPSA) is 0 Å². The van der Waals surface area contributed by atoms with E-state index in [0.29, 0.717) is 0 Å².